The smallest absolute Gasteiger partial charge is 0.243 e. The molecule has 2 aliphatic heterocycles. The number of carbonyl (C=O) groups is 1. The van der Waals surface area contributed by atoms with Crippen LogP contribution in [0.4, 0.5) is 0 Å². The number of rotatable bonds is 1. The number of amides is 1. The van der Waals surface area contributed by atoms with Crippen LogP contribution in [0.25, 0.3) is 0 Å². The highest BCUT2D eigenvalue weighted by Gasteiger charge is 2.31. The van der Waals surface area contributed by atoms with E-state index in [0.717, 1.165) is 36.5 Å². The molecular weight excluding hydrogens is 286 g/mol. The fourth-order valence-corrected chi connectivity index (χ4v) is 2.91. The first kappa shape index (κ1) is 11.2. The number of nitrogens with zero attached hydrogens (tertiary/aromatic N) is 3. The van der Waals surface area contributed by atoms with Crippen LogP contribution < -0.4 is 0 Å². The maximum absolute atomic E-state index is 12.1. The molecule has 0 N–H and O–H groups in total. The molecule has 6 heteroatoms. The fraction of sp³-hybridized carbons (Fsp3) is 0.636. The van der Waals surface area contributed by atoms with Crippen LogP contribution >= 0.6 is 15.9 Å². The Morgan fingerprint density at radius 2 is 2.12 bits per heavy atom. The normalized spacial score (nSPS) is 21.7. The molecule has 92 valence electrons. The molecule has 0 atom stereocenters. The summed E-state index contributed by atoms with van der Waals surface area (Å²) in [6.07, 6.45) is 3.64. The van der Waals surface area contributed by atoms with E-state index in [1.807, 2.05) is 9.47 Å². The Bertz CT molecular complexity index is 440. The van der Waals surface area contributed by atoms with Gasteiger partial charge in [0, 0.05) is 19.3 Å². The topological polar surface area (TPSA) is 47.4 Å². The van der Waals surface area contributed by atoms with Gasteiger partial charge in [-0.25, -0.2) is 4.98 Å². The third-order valence-electron chi connectivity index (χ3n) is 3.45. The number of fused-ring (bicyclic) bond motifs is 1. The molecule has 5 nitrogen and oxygen atoms in total. The van der Waals surface area contributed by atoms with Crippen LogP contribution in [0.5, 0.6) is 0 Å². The Labute approximate surface area is 108 Å². The van der Waals surface area contributed by atoms with Crippen LogP contribution in [0, 0.1) is 0 Å². The standard InChI is InChI=1S/C11H14BrN3O2/c12-9-5-13-10-6-14(11(16)7-15(9)10)8-1-3-17-4-2-8/h5,8H,1-4,6-7H2. The molecule has 1 fully saturated rings. The monoisotopic (exact) mass is 299 g/mol. The van der Waals surface area contributed by atoms with Gasteiger partial charge in [0.1, 0.15) is 17.0 Å². The molecular formula is C11H14BrN3O2. The van der Waals surface area contributed by atoms with Crippen molar-refractivity contribution in [2.24, 2.45) is 0 Å². The highest BCUT2D eigenvalue weighted by molar-refractivity contribution is 9.10. The minimum atomic E-state index is 0.183. The molecule has 0 spiro atoms. The highest BCUT2D eigenvalue weighted by Crippen LogP contribution is 2.24. The Morgan fingerprint density at radius 1 is 1.35 bits per heavy atom. The molecule has 3 rings (SSSR count). The van der Waals surface area contributed by atoms with Gasteiger partial charge in [-0.3, -0.25) is 4.79 Å². The average Bonchev–Trinajstić information content (AvgIpc) is 2.71. The number of halogens is 1. The van der Waals surface area contributed by atoms with Gasteiger partial charge in [-0.15, -0.1) is 0 Å². The molecule has 0 unspecified atom stereocenters. The van der Waals surface area contributed by atoms with E-state index in [9.17, 15) is 4.79 Å². The summed E-state index contributed by atoms with van der Waals surface area (Å²) < 4.78 is 8.14. The van der Waals surface area contributed by atoms with Crippen molar-refractivity contribution < 1.29 is 9.53 Å². The summed E-state index contributed by atoms with van der Waals surface area (Å²) in [6, 6.07) is 0.320. The van der Waals surface area contributed by atoms with E-state index in [4.69, 9.17) is 4.74 Å². The van der Waals surface area contributed by atoms with Crippen LogP contribution in [-0.4, -0.2) is 39.6 Å². The Kier molecular flexibility index (Phi) is 2.92. The lowest BCUT2D eigenvalue weighted by atomic mass is 10.1. The van der Waals surface area contributed by atoms with Crippen molar-refractivity contribution >= 4 is 21.8 Å². The van der Waals surface area contributed by atoms with Gasteiger partial charge < -0.3 is 14.2 Å². The lowest BCUT2D eigenvalue weighted by Gasteiger charge is -2.36. The van der Waals surface area contributed by atoms with Crippen LogP contribution in [-0.2, 0) is 22.6 Å². The van der Waals surface area contributed by atoms with Crippen molar-refractivity contribution in [3.63, 3.8) is 0 Å². The molecule has 1 saturated heterocycles. The third kappa shape index (κ3) is 1.99. The molecule has 0 aromatic carbocycles. The summed E-state index contributed by atoms with van der Waals surface area (Å²) in [4.78, 5) is 18.4. The number of carbonyl (C=O) groups excluding carboxylic acids is 1. The predicted octanol–water partition coefficient (Wildman–Crippen LogP) is 1.17. The largest absolute Gasteiger partial charge is 0.381 e. The molecule has 0 bridgehead atoms. The fourth-order valence-electron chi connectivity index (χ4n) is 2.48. The Morgan fingerprint density at radius 3 is 2.88 bits per heavy atom. The van der Waals surface area contributed by atoms with Crippen molar-refractivity contribution in [1.82, 2.24) is 14.5 Å². The van der Waals surface area contributed by atoms with Crippen molar-refractivity contribution in [3.8, 4) is 0 Å². The summed E-state index contributed by atoms with van der Waals surface area (Å²) in [6.45, 7) is 2.53. The summed E-state index contributed by atoms with van der Waals surface area (Å²) in [5, 5.41) is 0. The first-order valence-corrected chi connectivity index (χ1v) is 6.62. The quantitative estimate of drug-likeness (QED) is 0.782. The first-order valence-electron chi connectivity index (χ1n) is 5.83. The maximum atomic E-state index is 12.1. The van der Waals surface area contributed by atoms with Crippen molar-refractivity contribution in [1.29, 1.82) is 0 Å². The predicted molar refractivity (Wildman–Crippen MR) is 64.3 cm³/mol. The maximum Gasteiger partial charge on any atom is 0.243 e. The molecule has 1 aromatic rings. The molecule has 1 aromatic heterocycles. The average molecular weight is 300 g/mol. The molecule has 2 aliphatic rings. The van der Waals surface area contributed by atoms with Crippen LogP contribution in [0.2, 0.25) is 0 Å². The van der Waals surface area contributed by atoms with E-state index >= 15 is 0 Å². The summed E-state index contributed by atoms with van der Waals surface area (Å²) in [5.41, 5.74) is 0. The van der Waals surface area contributed by atoms with Crippen LogP contribution in [0.15, 0.2) is 10.8 Å². The van der Waals surface area contributed by atoms with E-state index in [0.29, 0.717) is 19.1 Å². The number of aromatic nitrogens is 2. The van der Waals surface area contributed by atoms with Gasteiger partial charge >= 0.3 is 0 Å². The molecule has 0 radical (unpaired) electrons. The number of hydrogen-bond donors (Lipinski definition) is 0. The summed E-state index contributed by atoms with van der Waals surface area (Å²) >= 11 is 3.41. The molecule has 0 aliphatic carbocycles. The summed E-state index contributed by atoms with van der Waals surface area (Å²) in [7, 11) is 0. The number of ether oxygens (including phenoxy) is 1. The zero-order valence-corrected chi connectivity index (χ0v) is 11.0. The number of hydrogen-bond acceptors (Lipinski definition) is 3. The second-order valence-corrected chi connectivity index (χ2v) is 5.26. The van der Waals surface area contributed by atoms with E-state index < -0.39 is 0 Å². The first-order chi connectivity index (χ1) is 8.25. The van der Waals surface area contributed by atoms with E-state index in [-0.39, 0.29) is 5.91 Å². The molecule has 0 saturated carbocycles. The van der Waals surface area contributed by atoms with Crippen molar-refractivity contribution in [2.75, 3.05) is 13.2 Å². The lowest BCUT2D eigenvalue weighted by Crippen LogP contribution is -2.47. The van der Waals surface area contributed by atoms with Gasteiger partial charge in [0.2, 0.25) is 5.91 Å². The van der Waals surface area contributed by atoms with Gasteiger partial charge in [-0.1, -0.05) is 0 Å². The van der Waals surface area contributed by atoms with Crippen molar-refractivity contribution in [2.45, 2.75) is 32.0 Å². The van der Waals surface area contributed by atoms with E-state index in [1.165, 1.54) is 0 Å². The van der Waals surface area contributed by atoms with E-state index in [1.54, 1.807) is 6.20 Å². The minimum Gasteiger partial charge on any atom is -0.381 e. The third-order valence-corrected chi connectivity index (χ3v) is 4.08. The molecule has 17 heavy (non-hydrogen) atoms. The Hall–Kier alpha value is -0.880. The van der Waals surface area contributed by atoms with Crippen molar-refractivity contribution in [3.05, 3.63) is 16.6 Å². The van der Waals surface area contributed by atoms with Gasteiger partial charge in [0.25, 0.3) is 0 Å². The SMILES string of the molecule is O=C1Cn2c(Br)cnc2CN1C1CCOCC1. The number of imidazole rings is 1. The van der Waals surface area contributed by atoms with Gasteiger partial charge in [0.05, 0.1) is 12.7 Å². The zero-order chi connectivity index (χ0) is 11.8. The van der Waals surface area contributed by atoms with Crippen LogP contribution in [0.3, 0.4) is 0 Å². The Balaban J connectivity index is 1.81. The van der Waals surface area contributed by atoms with E-state index in [2.05, 4.69) is 20.9 Å². The van der Waals surface area contributed by atoms with Gasteiger partial charge in [0.15, 0.2) is 0 Å². The second-order valence-electron chi connectivity index (χ2n) is 4.45. The minimum absolute atomic E-state index is 0.183. The highest BCUT2D eigenvalue weighted by atomic mass is 79.9. The lowest BCUT2D eigenvalue weighted by molar-refractivity contribution is -0.138. The van der Waals surface area contributed by atoms with Gasteiger partial charge in [-0.2, -0.15) is 0 Å². The zero-order valence-electron chi connectivity index (χ0n) is 9.43. The molecule has 3 heterocycles. The van der Waals surface area contributed by atoms with Crippen LogP contribution in [0.1, 0.15) is 18.7 Å². The summed E-state index contributed by atoms with van der Waals surface area (Å²) in [5.74, 6) is 1.14. The van der Waals surface area contributed by atoms with Gasteiger partial charge in [-0.05, 0) is 28.8 Å². The molecule has 1 amide bonds. The second kappa shape index (κ2) is 4.42.